The van der Waals surface area contributed by atoms with Gasteiger partial charge in [0.05, 0.1) is 0 Å². The van der Waals surface area contributed by atoms with Crippen molar-refractivity contribution >= 4 is 27.3 Å². The summed E-state index contributed by atoms with van der Waals surface area (Å²) in [4.78, 5) is 2.64. The van der Waals surface area contributed by atoms with Gasteiger partial charge < -0.3 is 0 Å². The van der Waals surface area contributed by atoms with Crippen LogP contribution in [0.25, 0.3) is 20.9 Å². The first-order chi connectivity index (χ1) is 9.24. The fourth-order valence-corrected chi connectivity index (χ4v) is 3.47. The molecule has 1 aromatic heterocycles. The number of hydrogen-bond acceptors (Lipinski definition) is 1. The van der Waals surface area contributed by atoms with Gasteiger partial charge in [-0.1, -0.05) is 52.3 Å². The molecule has 0 fully saturated rings. The summed E-state index contributed by atoms with van der Waals surface area (Å²) in [6.45, 7) is 2.16. The van der Waals surface area contributed by atoms with Crippen LogP contribution < -0.4 is 0 Å². The van der Waals surface area contributed by atoms with Gasteiger partial charge in [0, 0.05) is 14.2 Å². The maximum absolute atomic E-state index is 3.47. The maximum atomic E-state index is 3.47. The van der Waals surface area contributed by atoms with Gasteiger partial charge in [0.25, 0.3) is 0 Å². The fourth-order valence-electron chi connectivity index (χ4n) is 2.10. The van der Waals surface area contributed by atoms with Crippen molar-refractivity contribution in [2.24, 2.45) is 0 Å². The van der Waals surface area contributed by atoms with E-state index in [1.54, 1.807) is 0 Å². The summed E-state index contributed by atoms with van der Waals surface area (Å²) >= 11 is 5.32. The molecule has 94 valence electrons. The first kappa shape index (κ1) is 12.6. The van der Waals surface area contributed by atoms with Gasteiger partial charge in [0.15, 0.2) is 0 Å². The Morgan fingerprint density at radius 3 is 2.21 bits per heavy atom. The summed E-state index contributed by atoms with van der Waals surface area (Å²) in [5.74, 6) is 0. The van der Waals surface area contributed by atoms with Crippen molar-refractivity contribution in [3.05, 3.63) is 70.7 Å². The lowest BCUT2D eigenvalue weighted by molar-refractivity contribution is 1.48. The van der Waals surface area contributed by atoms with Crippen LogP contribution in [0.1, 0.15) is 5.56 Å². The van der Waals surface area contributed by atoms with Gasteiger partial charge in [-0.25, -0.2) is 0 Å². The molecular weight excluding hydrogens is 316 g/mol. The van der Waals surface area contributed by atoms with Crippen LogP contribution in [0.15, 0.2) is 65.1 Å². The molecule has 0 radical (unpaired) electrons. The Balaban J connectivity index is 2.00. The average molecular weight is 329 g/mol. The highest BCUT2D eigenvalue weighted by molar-refractivity contribution is 9.10. The third kappa shape index (κ3) is 2.65. The molecule has 0 saturated carbocycles. The van der Waals surface area contributed by atoms with Crippen molar-refractivity contribution in [3.63, 3.8) is 0 Å². The lowest BCUT2D eigenvalue weighted by atomic mass is 10.1. The molecular formula is C17H13BrS. The number of rotatable bonds is 2. The molecule has 0 spiro atoms. The van der Waals surface area contributed by atoms with Crippen molar-refractivity contribution in [2.75, 3.05) is 0 Å². The minimum Gasteiger partial charge on any atom is -0.135 e. The summed E-state index contributed by atoms with van der Waals surface area (Å²) in [5, 5.41) is 0. The topological polar surface area (TPSA) is 0 Å². The molecule has 19 heavy (non-hydrogen) atoms. The Morgan fingerprint density at radius 2 is 1.47 bits per heavy atom. The van der Waals surface area contributed by atoms with E-state index >= 15 is 0 Å². The predicted molar refractivity (Wildman–Crippen MR) is 87.6 cm³/mol. The Kier molecular flexibility index (Phi) is 3.54. The summed E-state index contributed by atoms with van der Waals surface area (Å²) in [5.41, 5.74) is 3.93. The molecule has 3 aromatic rings. The molecule has 0 atom stereocenters. The Labute approximate surface area is 125 Å². The molecule has 2 heteroatoms. The third-order valence-corrected chi connectivity index (χ3v) is 4.84. The molecule has 0 aliphatic heterocycles. The van der Waals surface area contributed by atoms with Crippen LogP contribution in [-0.4, -0.2) is 0 Å². The standard InChI is InChI=1S/C17H13BrS/c1-12-4-2-3-5-15(12)17-11-10-16(19-17)13-6-8-14(18)9-7-13/h2-11H,1H3. The van der Waals surface area contributed by atoms with E-state index in [4.69, 9.17) is 0 Å². The van der Waals surface area contributed by atoms with E-state index in [0.29, 0.717) is 0 Å². The second-order valence-electron chi connectivity index (χ2n) is 4.49. The van der Waals surface area contributed by atoms with Crippen LogP contribution in [0, 0.1) is 6.92 Å². The Hall–Kier alpha value is -1.38. The second-order valence-corrected chi connectivity index (χ2v) is 6.49. The predicted octanol–water partition coefficient (Wildman–Crippen LogP) is 6.15. The smallest absolute Gasteiger partial charge is 0.0352 e. The summed E-state index contributed by atoms with van der Waals surface area (Å²) < 4.78 is 1.12. The van der Waals surface area contributed by atoms with Crippen LogP contribution >= 0.6 is 27.3 Å². The summed E-state index contributed by atoms with van der Waals surface area (Å²) in [6, 6.07) is 21.4. The first-order valence-corrected chi connectivity index (χ1v) is 7.77. The van der Waals surface area contributed by atoms with Gasteiger partial charge in [0.1, 0.15) is 0 Å². The van der Waals surface area contributed by atoms with Gasteiger partial charge in [-0.2, -0.15) is 0 Å². The highest BCUT2D eigenvalue weighted by Gasteiger charge is 2.06. The van der Waals surface area contributed by atoms with E-state index < -0.39 is 0 Å². The largest absolute Gasteiger partial charge is 0.135 e. The van der Waals surface area contributed by atoms with Gasteiger partial charge in [-0.15, -0.1) is 11.3 Å². The van der Waals surface area contributed by atoms with Crippen LogP contribution in [0.2, 0.25) is 0 Å². The van der Waals surface area contributed by atoms with Crippen molar-refractivity contribution in [2.45, 2.75) is 6.92 Å². The monoisotopic (exact) mass is 328 g/mol. The molecule has 0 aliphatic carbocycles. The van der Waals surface area contributed by atoms with E-state index in [2.05, 4.69) is 83.5 Å². The van der Waals surface area contributed by atoms with Crippen LogP contribution in [0.5, 0.6) is 0 Å². The van der Waals surface area contributed by atoms with Crippen molar-refractivity contribution in [3.8, 4) is 20.9 Å². The zero-order valence-corrected chi connectivity index (χ0v) is 13.0. The van der Waals surface area contributed by atoms with Gasteiger partial charge >= 0.3 is 0 Å². The minimum absolute atomic E-state index is 1.12. The maximum Gasteiger partial charge on any atom is 0.0352 e. The average Bonchev–Trinajstić information content (AvgIpc) is 2.89. The minimum atomic E-state index is 1.12. The van der Waals surface area contributed by atoms with Crippen LogP contribution in [-0.2, 0) is 0 Å². The zero-order valence-electron chi connectivity index (χ0n) is 10.6. The van der Waals surface area contributed by atoms with Gasteiger partial charge in [0.2, 0.25) is 0 Å². The van der Waals surface area contributed by atoms with Crippen LogP contribution in [0.4, 0.5) is 0 Å². The van der Waals surface area contributed by atoms with Gasteiger partial charge in [-0.05, 0) is 47.9 Å². The van der Waals surface area contributed by atoms with Crippen LogP contribution in [0.3, 0.4) is 0 Å². The fraction of sp³-hybridized carbons (Fsp3) is 0.0588. The number of benzene rings is 2. The number of hydrogen-bond donors (Lipinski definition) is 0. The quantitative estimate of drug-likeness (QED) is 0.529. The number of halogens is 1. The Bertz CT molecular complexity index is 695. The normalized spacial score (nSPS) is 10.6. The lowest BCUT2D eigenvalue weighted by Crippen LogP contribution is -1.77. The molecule has 0 bridgehead atoms. The SMILES string of the molecule is Cc1ccccc1-c1ccc(-c2ccc(Br)cc2)s1. The van der Waals surface area contributed by atoms with E-state index in [1.165, 1.54) is 26.4 Å². The first-order valence-electron chi connectivity index (χ1n) is 6.16. The molecule has 0 N–H and O–H groups in total. The molecule has 1 heterocycles. The Morgan fingerprint density at radius 1 is 0.789 bits per heavy atom. The van der Waals surface area contributed by atoms with E-state index in [-0.39, 0.29) is 0 Å². The summed E-state index contributed by atoms with van der Waals surface area (Å²) in [7, 11) is 0. The van der Waals surface area contributed by atoms with Crippen molar-refractivity contribution in [1.29, 1.82) is 0 Å². The zero-order chi connectivity index (χ0) is 13.2. The highest BCUT2D eigenvalue weighted by Crippen LogP contribution is 2.35. The number of aryl methyl sites for hydroxylation is 1. The molecule has 0 aliphatic rings. The molecule has 3 rings (SSSR count). The van der Waals surface area contributed by atoms with Crippen molar-refractivity contribution in [1.82, 2.24) is 0 Å². The van der Waals surface area contributed by atoms with E-state index in [9.17, 15) is 0 Å². The summed E-state index contributed by atoms with van der Waals surface area (Å²) in [6.07, 6.45) is 0. The third-order valence-electron chi connectivity index (χ3n) is 3.15. The molecule has 0 unspecified atom stereocenters. The highest BCUT2D eigenvalue weighted by atomic mass is 79.9. The number of thiophene rings is 1. The molecule has 2 aromatic carbocycles. The molecule has 0 saturated heterocycles. The molecule has 0 amide bonds. The second kappa shape index (κ2) is 5.32. The molecule has 0 nitrogen and oxygen atoms in total. The van der Waals surface area contributed by atoms with E-state index in [1.807, 2.05) is 11.3 Å². The lowest BCUT2D eigenvalue weighted by Gasteiger charge is -2.01. The van der Waals surface area contributed by atoms with Crippen molar-refractivity contribution < 1.29 is 0 Å². The van der Waals surface area contributed by atoms with Gasteiger partial charge in [-0.3, -0.25) is 0 Å². The van der Waals surface area contributed by atoms with E-state index in [0.717, 1.165) is 4.47 Å².